The van der Waals surface area contributed by atoms with E-state index in [0.29, 0.717) is 5.92 Å². The molecule has 0 spiro atoms. The molecule has 0 atom stereocenters. The molecule has 0 radical (unpaired) electrons. The smallest absolute Gasteiger partial charge is 0.0526 e. The van der Waals surface area contributed by atoms with Crippen LogP contribution in [0.2, 0.25) is 0 Å². The van der Waals surface area contributed by atoms with Gasteiger partial charge in [0.25, 0.3) is 0 Å². The van der Waals surface area contributed by atoms with E-state index in [0.717, 1.165) is 18.7 Å². The van der Waals surface area contributed by atoms with Gasteiger partial charge in [0.05, 0.1) is 5.69 Å². The number of hydrogen-bond acceptors (Lipinski definition) is 2. The number of benzene rings is 2. The van der Waals surface area contributed by atoms with Crippen molar-refractivity contribution in [2.24, 2.45) is 0 Å². The summed E-state index contributed by atoms with van der Waals surface area (Å²) in [6.07, 6.45) is 4.70. The molecule has 3 rings (SSSR count). The van der Waals surface area contributed by atoms with Gasteiger partial charge in [0.1, 0.15) is 0 Å². The molecule has 0 saturated heterocycles. The van der Waals surface area contributed by atoms with Crippen LogP contribution in [0.1, 0.15) is 23.5 Å². The summed E-state index contributed by atoms with van der Waals surface area (Å²) in [5, 5.41) is 3.45. The molecule has 0 saturated carbocycles. The van der Waals surface area contributed by atoms with Crippen molar-refractivity contribution in [2.75, 3.05) is 11.9 Å². The third-order valence-corrected chi connectivity index (χ3v) is 3.83. The monoisotopic (exact) mass is 288 g/mol. The number of pyridine rings is 1. The first-order chi connectivity index (χ1) is 10.9. The van der Waals surface area contributed by atoms with Gasteiger partial charge in [0, 0.05) is 24.9 Å². The fourth-order valence-electron chi connectivity index (χ4n) is 2.72. The Hall–Kier alpha value is -2.61. The molecule has 0 amide bonds. The van der Waals surface area contributed by atoms with Crippen molar-refractivity contribution in [3.63, 3.8) is 0 Å². The largest absolute Gasteiger partial charge is 0.384 e. The molecule has 1 N–H and O–H groups in total. The predicted molar refractivity (Wildman–Crippen MR) is 92.1 cm³/mol. The van der Waals surface area contributed by atoms with Crippen LogP contribution < -0.4 is 5.32 Å². The van der Waals surface area contributed by atoms with E-state index in [1.165, 1.54) is 11.1 Å². The molecule has 2 aromatic carbocycles. The SMILES string of the molecule is c1ccc(C(CCNc2cccnc2)c2ccccc2)cc1. The number of nitrogens with one attached hydrogen (secondary N) is 1. The minimum Gasteiger partial charge on any atom is -0.384 e. The van der Waals surface area contributed by atoms with Crippen molar-refractivity contribution >= 4 is 5.69 Å². The Labute approximate surface area is 131 Å². The van der Waals surface area contributed by atoms with Crippen molar-refractivity contribution in [3.8, 4) is 0 Å². The lowest BCUT2D eigenvalue weighted by Gasteiger charge is -2.18. The second kappa shape index (κ2) is 7.41. The van der Waals surface area contributed by atoms with Gasteiger partial charge in [-0.3, -0.25) is 4.98 Å². The van der Waals surface area contributed by atoms with E-state index in [-0.39, 0.29) is 0 Å². The molecule has 1 heterocycles. The highest BCUT2D eigenvalue weighted by molar-refractivity contribution is 5.40. The quantitative estimate of drug-likeness (QED) is 0.710. The first-order valence-electron chi connectivity index (χ1n) is 7.67. The van der Waals surface area contributed by atoms with Crippen molar-refractivity contribution in [2.45, 2.75) is 12.3 Å². The minimum atomic E-state index is 0.409. The molecule has 0 unspecified atom stereocenters. The maximum atomic E-state index is 4.14. The summed E-state index contributed by atoms with van der Waals surface area (Å²) in [4.78, 5) is 4.14. The van der Waals surface area contributed by atoms with E-state index < -0.39 is 0 Å². The first kappa shape index (κ1) is 14.3. The summed E-state index contributed by atoms with van der Waals surface area (Å²) in [5.74, 6) is 0.409. The van der Waals surface area contributed by atoms with Crippen LogP contribution in [0.4, 0.5) is 5.69 Å². The summed E-state index contributed by atoms with van der Waals surface area (Å²) in [7, 11) is 0. The molecular weight excluding hydrogens is 268 g/mol. The topological polar surface area (TPSA) is 24.9 Å². The Morgan fingerprint density at radius 1 is 0.773 bits per heavy atom. The van der Waals surface area contributed by atoms with Gasteiger partial charge in [-0.25, -0.2) is 0 Å². The number of anilines is 1. The van der Waals surface area contributed by atoms with Crippen LogP contribution in [0.15, 0.2) is 85.2 Å². The van der Waals surface area contributed by atoms with Gasteiger partial charge in [-0.1, -0.05) is 60.7 Å². The summed E-state index contributed by atoms with van der Waals surface area (Å²) >= 11 is 0. The highest BCUT2D eigenvalue weighted by atomic mass is 14.9. The minimum absolute atomic E-state index is 0.409. The van der Waals surface area contributed by atoms with Crippen LogP contribution in [0, 0.1) is 0 Å². The lowest BCUT2D eigenvalue weighted by molar-refractivity contribution is 0.744. The first-order valence-corrected chi connectivity index (χ1v) is 7.67. The Morgan fingerprint density at radius 2 is 1.41 bits per heavy atom. The van der Waals surface area contributed by atoms with Crippen molar-refractivity contribution < 1.29 is 0 Å². The fourth-order valence-corrected chi connectivity index (χ4v) is 2.72. The Kier molecular flexibility index (Phi) is 4.83. The molecule has 1 aromatic heterocycles. The second-order valence-corrected chi connectivity index (χ2v) is 5.33. The molecule has 0 aliphatic carbocycles. The molecule has 0 aliphatic heterocycles. The van der Waals surface area contributed by atoms with Gasteiger partial charge >= 0.3 is 0 Å². The Balaban J connectivity index is 1.72. The molecule has 3 aromatic rings. The zero-order valence-electron chi connectivity index (χ0n) is 12.5. The van der Waals surface area contributed by atoms with Crippen LogP contribution in [0.3, 0.4) is 0 Å². The standard InChI is InChI=1S/C20H20N2/c1-3-8-17(9-4-1)20(18-10-5-2-6-11-18)13-15-22-19-12-7-14-21-16-19/h1-12,14,16,20,22H,13,15H2. The molecule has 0 aliphatic rings. The third-order valence-electron chi connectivity index (χ3n) is 3.83. The third kappa shape index (κ3) is 3.73. The van der Waals surface area contributed by atoms with E-state index in [1.54, 1.807) is 6.20 Å². The summed E-state index contributed by atoms with van der Waals surface area (Å²) < 4.78 is 0. The maximum absolute atomic E-state index is 4.14. The fraction of sp³-hybridized carbons (Fsp3) is 0.150. The normalized spacial score (nSPS) is 10.6. The number of nitrogens with zero attached hydrogens (tertiary/aromatic N) is 1. The maximum Gasteiger partial charge on any atom is 0.0526 e. The lowest BCUT2D eigenvalue weighted by Crippen LogP contribution is -2.09. The predicted octanol–water partition coefficient (Wildman–Crippen LogP) is 4.72. The summed E-state index contributed by atoms with van der Waals surface area (Å²) in [6.45, 7) is 0.917. The highest BCUT2D eigenvalue weighted by Gasteiger charge is 2.13. The van der Waals surface area contributed by atoms with Gasteiger partial charge in [-0.05, 0) is 29.7 Å². The lowest BCUT2D eigenvalue weighted by atomic mass is 9.88. The number of aromatic nitrogens is 1. The van der Waals surface area contributed by atoms with Gasteiger partial charge in [-0.15, -0.1) is 0 Å². The van der Waals surface area contributed by atoms with Crippen LogP contribution >= 0.6 is 0 Å². The molecule has 2 heteroatoms. The van der Waals surface area contributed by atoms with Gasteiger partial charge in [0.15, 0.2) is 0 Å². The molecular formula is C20H20N2. The van der Waals surface area contributed by atoms with Crippen LogP contribution in [-0.4, -0.2) is 11.5 Å². The van der Waals surface area contributed by atoms with Gasteiger partial charge < -0.3 is 5.32 Å². The van der Waals surface area contributed by atoms with Crippen molar-refractivity contribution in [3.05, 3.63) is 96.3 Å². The molecule has 0 bridgehead atoms. The highest BCUT2D eigenvalue weighted by Crippen LogP contribution is 2.27. The van der Waals surface area contributed by atoms with E-state index in [4.69, 9.17) is 0 Å². The Morgan fingerprint density at radius 3 is 1.95 bits per heavy atom. The van der Waals surface area contributed by atoms with E-state index in [1.807, 2.05) is 18.3 Å². The van der Waals surface area contributed by atoms with Gasteiger partial charge in [0.2, 0.25) is 0 Å². The zero-order valence-corrected chi connectivity index (χ0v) is 12.5. The molecule has 22 heavy (non-hydrogen) atoms. The zero-order chi connectivity index (χ0) is 15.0. The van der Waals surface area contributed by atoms with Gasteiger partial charge in [-0.2, -0.15) is 0 Å². The van der Waals surface area contributed by atoms with Crippen LogP contribution in [0.5, 0.6) is 0 Å². The Bertz CT molecular complexity index is 626. The van der Waals surface area contributed by atoms with E-state index in [9.17, 15) is 0 Å². The van der Waals surface area contributed by atoms with Crippen molar-refractivity contribution in [1.82, 2.24) is 4.98 Å². The molecule has 0 fully saturated rings. The second-order valence-electron chi connectivity index (χ2n) is 5.33. The van der Waals surface area contributed by atoms with E-state index >= 15 is 0 Å². The van der Waals surface area contributed by atoms with Crippen LogP contribution in [0.25, 0.3) is 0 Å². The molecule has 110 valence electrons. The average molecular weight is 288 g/mol. The van der Waals surface area contributed by atoms with Crippen LogP contribution in [-0.2, 0) is 0 Å². The number of hydrogen-bond donors (Lipinski definition) is 1. The molecule has 2 nitrogen and oxygen atoms in total. The summed E-state index contributed by atoms with van der Waals surface area (Å²) in [5.41, 5.74) is 3.80. The van der Waals surface area contributed by atoms with E-state index in [2.05, 4.69) is 71.0 Å². The number of rotatable bonds is 6. The van der Waals surface area contributed by atoms with Crippen molar-refractivity contribution in [1.29, 1.82) is 0 Å². The summed E-state index contributed by atoms with van der Waals surface area (Å²) in [6, 6.07) is 25.4. The average Bonchev–Trinajstić information content (AvgIpc) is 2.61.